The molecule has 0 aromatic heterocycles. The monoisotopic (exact) mass is 342 g/mol. The number of rotatable bonds is 3. The van der Waals surface area contributed by atoms with Crippen molar-refractivity contribution in [2.45, 2.75) is 25.7 Å². The second-order valence-corrected chi connectivity index (χ2v) is 2.19. The molecule has 0 aromatic rings. The molecular weight excluding hydrogens is 335 g/mol. The molecule has 11 heteroatoms. The van der Waals surface area contributed by atoms with Crippen LogP contribution in [0.15, 0.2) is 0 Å². The van der Waals surface area contributed by atoms with Crippen molar-refractivity contribution in [3.8, 4) is 0 Å². The largest absolute Gasteiger partial charge is 0.814 e. The fourth-order valence-electron chi connectivity index (χ4n) is 0.237. The van der Waals surface area contributed by atoms with Crippen molar-refractivity contribution < 1.29 is 51.6 Å². The third-order valence-electron chi connectivity index (χ3n) is 0.869. The van der Waals surface area contributed by atoms with Gasteiger partial charge < -0.3 is 28.4 Å². The standard InChI is InChI=1S/C4F8.2C2H4N.Ni/c5-1(6)3(9,10)4(11,12)2(7)8;2*1-2-3;/h;2*2H,1H3;/q-2;2*-1;. The number of hydrogen-bond acceptors (Lipinski definition) is 0. The first-order valence-electron chi connectivity index (χ1n) is 3.93. The average Bonchev–Trinajstić information content (AvgIpc) is 2.19. The summed E-state index contributed by atoms with van der Waals surface area (Å²) in [5, 5.41) is 14.9. The minimum Gasteiger partial charge on any atom is -0.814 e. The zero-order valence-electron chi connectivity index (χ0n) is 9.39. The average molecular weight is 343 g/mol. The molecule has 0 rings (SSSR count). The third-order valence-corrected chi connectivity index (χ3v) is 0.869. The topological polar surface area (TPSA) is 44.6 Å². The molecule has 0 unspecified atom stereocenters. The van der Waals surface area contributed by atoms with Crippen molar-refractivity contribution in [2.75, 3.05) is 0 Å². The van der Waals surface area contributed by atoms with Crippen LogP contribution in [0.5, 0.6) is 0 Å². The molecule has 0 aromatic carbocycles. The third kappa shape index (κ3) is 9.80. The van der Waals surface area contributed by atoms with Gasteiger partial charge in [0.25, 0.3) is 0 Å². The summed E-state index contributed by atoms with van der Waals surface area (Å²) in [4.78, 5) is 0. The zero-order valence-corrected chi connectivity index (χ0v) is 10.4. The molecule has 19 heavy (non-hydrogen) atoms. The smallest absolute Gasteiger partial charge is 0.227 e. The molecule has 0 bridgehead atoms. The van der Waals surface area contributed by atoms with E-state index in [4.69, 9.17) is 10.8 Å². The molecule has 0 saturated heterocycles. The van der Waals surface area contributed by atoms with Gasteiger partial charge in [-0.3, -0.25) is 0 Å². The number of hydrogen-bond donors (Lipinski definition) is 0. The normalized spacial score (nSPS) is 10.5. The van der Waals surface area contributed by atoms with E-state index in [0.29, 0.717) is 0 Å². The van der Waals surface area contributed by atoms with Gasteiger partial charge in [-0.25, -0.2) is 30.0 Å². The van der Waals surface area contributed by atoms with Crippen LogP contribution in [0.4, 0.5) is 35.1 Å². The first kappa shape index (κ1) is 26.8. The Balaban J connectivity index is -0.000000137. The summed E-state index contributed by atoms with van der Waals surface area (Å²) in [7, 11) is 0. The summed E-state index contributed by atoms with van der Waals surface area (Å²) in [6.07, 6.45) is -6.11. The van der Waals surface area contributed by atoms with Crippen LogP contribution in [0.3, 0.4) is 0 Å². The van der Waals surface area contributed by atoms with E-state index >= 15 is 0 Å². The minimum absolute atomic E-state index is 0. The number of nitrogens with zero attached hydrogens (tertiary/aromatic N) is 2. The van der Waals surface area contributed by atoms with Gasteiger partial charge in [-0.1, -0.05) is 13.8 Å². The molecule has 0 heterocycles. The molecule has 0 aliphatic carbocycles. The maximum absolute atomic E-state index is 11.5. The zero-order chi connectivity index (χ0) is 15.6. The fraction of sp³-hybridized carbons (Fsp3) is 0.500. The Bertz CT molecular complexity index is 211. The van der Waals surface area contributed by atoms with Gasteiger partial charge in [-0.2, -0.15) is 0 Å². The Kier molecular flexibility index (Phi) is 17.3. The first-order valence-corrected chi connectivity index (χ1v) is 3.93. The minimum atomic E-state index is -6.12. The Morgan fingerprint density at radius 3 is 0.895 bits per heavy atom. The molecule has 0 N–H and O–H groups in total. The molecule has 120 valence electrons. The van der Waals surface area contributed by atoms with Gasteiger partial charge in [0.05, 0.1) is 12.9 Å². The van der Waals surface area contributed by atoms with Crippen LogP contribution >= 0.6 is 0 Å². The van der Waals surface area contributed by atoms with E-state index in [-0.39, 0.29) is 16.5 Å². The van der Waals surface area contributed by atoms with Crippen molar-refractivity contribution in [1.29, 1.82) is 0 Å². The summed E-state index contributed by atoms with van der Waals surface area (Å²) in [5.41, 5.74) is 0. The number of halogens is 8. The van der Waals surface area contributed by atoms with Crippen LogP contribution in [0, 0.1) is 12.9 Å². The van der Waals surface area contributed by atoms with Gasteiger partial charge in [0.1, 0.15) is 0 Å². The molecule has 0 spiro atoms. The van der Waals surface area contributed by atoms with Gasteiger partial charge in [0.15, 0.2) is 0 Å². The summed E-state index contributed by atoms with van der Waals surface area (Å²) >= 11 is 0. The summed E-state index contributed by atoms with van der Waals surface area (Å²) in [6, 6.07) is 0. The Morgan fingerprint density at radius 1 is 0.737 bits per heavy atom. The molecular formula is C8H8F8N2Ni-4. The van der Waals surface area contributed by atoms with Gasteiger partial charge >= 0.3 is 0 Å². The predicted octanol–water partition coefficient (Wildman–Crippen LogP) is 4.40. The maximum atomic E-state index is 11.5. The van der Waals surface area contributed by atoms with Gasteiger partial charge in [-0.05, 0) is 0 Å². The maximum Gasteiger partial charge on any atom is 0.227 e. The molecule has 0 aliphatic rings. The second kappa shape index (κ2) is 12.3. The van der Waals surface area contributed by atoms with Crippen LogP contribution in [-0.4, -0.2) is 24.3 Å². The molecule has 0 amide bonds. The van der Waals surface area contributed by atoms with E-state index in [9.17, 15) is 35.1 Å². The van der Waals surface area contributed by atoms with E-state index in [1.807, 2.05) is 0 Å². The van der Waals surface area contributed by atoms with E-state index in [1.54, 1.807) is 13.8 Å². The van der Waals surface area contributed by atoms with Crippen LogP contribution in [0.25, 0.3) is 10.8 Å². The van der Waals surface area contributed by atoms with Crippen molar-refractivity contribution in [3.63, 3.8) is 0 Å². The van der Waals surface area contributed by atoms with Gasteiger partial charge in [-0.15, -0.1) is 0 Å². The van der Waals surface area contributed by atoms with Crippen molar-refractivity contribution in [3.05, 3.63) is 23.7 Å². The quantitative estimate of drug-likeness (QED) is 0.316. The van der Waals surface area contributed by atoms with E-state index < -0.39 is 24.7 Å². The van der Waals surface area contributed by atoms with Crippen molar-refractivity contribution in [1.82, 2.24) is 0 Å². The Labute approximate surface area is 114 Å². The summed E-state index contributed by atoms with van der Waals surface area (Å²) in [5.74, 6) is -12.2. The van der Waals surface area contributed by atoms with Gasteiger partial charge in [0.2, 0.25) is 11.8 Å². The SMILES string of the molecule is CC=[N-].CC=[N-].F[C-](F)C(F)(F)C(F)(F)[C-](F)F.[Ni]. The fourth-order valence-corrected chi connectivity index (χ4v) is 0.237. The van der Waals surface area contributed by atoms with Crippen LogP contribution in [0.1, 0.15) is 13.8 Å². The molecule has 2 nitrogen and oxygen atoms in total. The molecule has 0 radical (unpaired) electrons. The number of alkyl halides is 4. The molecule has 0 aliphatic heterocycles. The second-order valence-electron chi connectivity index (χ2n) is 2.19. The summed E-state index contributed by atoms with van der Waals surface area (Å²) in [6.45, 7) is 3.11. The van der Waals surface area contributed by atoms with E-state index in [0.717, 1.165) is 12.4 Å². The van der Waals surface area contributed by atoms with E-state index in [1.165, 1.54) is 0 Å². The molecule has 0 saturated carbocycles. The first-order chi connectivity index (χ1) is 7.97. The Morgan fingerprint density at radius 2 is 0.842 bits per heavy atom. The predicted molar refractivity (Wildman–Crippen MR) is 51.0 cm³/mol. The molecule has 0 atom stereocenters. The van der Waals surface area contributed by atoms with Crippen LogP contribution in [0.2, 0.25) is 0 Å². The van der Waals surface area contributed by atoms with Crippen molar-refractivity contribution >= 4 is 12.4 Å². The Hall–Kier alpha value is -0.726. The van der Waals surface area contributed by atoms with Gasteiger partial charge in [0, 0.05) is 16.5 Å². The van der Waals surface area contributed by atoms with E-state index in [2.05, 4.69) is 0 Å². The van der Waals surface area contributed by atoms with Crippen LogP contribution < -0.4 is 0 Å². The summed E-state index contributed by atoms with van der Waals surface area (Å²) < 4.78 is 90.2. The van der Waals surface area contributed by atoms with Crippen molar-refractivity contribution in [2.24, 2.45) is 0 Å². The molecule has 0 fully saturated rings. The van der Waals surface area contributed by atoms with Crippen LogP contribution in [-0.2, 0) is 16.5 Å².